The second-order valence-electron chi connectivity index (χ2n) is 21.7. The van der Waals surface area contributed by atoms with Crippen molar-refractivity contribution in [2.45, 2.75) is 257 Å². The number of amides is 1. The van der Waals surface area contributed by atoms with E-state index in [9.17, 15) is 19.4 Å². The van der Waals surface area contributed by atoms with Crippen LogP contribution in [0.1, 0.15) is 245 Å². The second kappa shape index (κ2) is 56.6. The summed E-state index contributed by atoms with van der Waals surface area (Å²) in [5.41, 5.74) is 0. The summed E-state index contributed by atoms with van der Waals surface area (Å²) in [4.78, 5) is 23.3. The van der Waals surface area contributed by atoms with E-state index in [0.717, 1.165) is 103 Å². The molecule has 0 aliphatic carbocycles. The van der Waals surface area contributed by atoms with Gasteiger partial charge >= 0.3 is 7.82 Å². The fraction of sp³-hybridized carbons (Fsp3) is 0.687. The number of hydrogen-bond acceptors (Lipinski definition) is 5. The van der Waals surface area contributed by atoms with Gasteiger partial charge in [0.15, 0.2) is 0 Å². The summed E-state index contributed by atoms with van der Waals surface area (Å²) in [6, 6.07) is -0.888. The van der Waals surface area contributed by atoms with Crippen molar-refractivity contribution in [3.63, 3.8) is 0 Å². The molecule has 0 rings (SSSR count). The first-order valence-corrected chi connectivity index (χ1v) is 32.4. The molecule has 0 saturated heterocycles. The molecular formula is C67H118N2O6P+. The lowest BCUT2D eigenvalue weighted by atomic mass is 10.0. The van der Waals surface area contributed by atoms with Crippen LogP contribution >= 0.6 is 7.82 Å². The summed E-state index contributed by atoms with van der Waals surface area (Å²) >= 11 is 0. The first-order chi connectivity index (χ1) is 37.0. The molecule has 0 bridgehead atoms. The van der Waals surface area contributed by atoms with Gasteiger partial charge in [0.1, 0.15) is 13.2 Å². The Kier molecular flexibility index (Phi) is 54.3. The minimum Gasteiger partial charge on any atom is -0.387 e. The van der Waals surface area contributed by atoms with E-state index < -0.39 is 20.0 Å². The largest absolute Gasteiger partial charge is 0.472 e. The van der Waals surface area contributed by atoms with E-state index in [4.69, 9.17) is 9.05 Å². The maximum atomic E-state index is 13.0. The van der Waals surface area contributed by atoms with Crippen molar-refractivity contribution in [2.75, 3.05) is 40.9 Å². The van der Waals surface area contributed by atoms with Crippen LogP contribution in [0.25, 0.3) is 0 Å². The van der Waals surface area contributed by atoms with E-state index in [-0.39, 0.29) is 19.1 Å². The minimum absolute atomic E-state index is 0.0441. The number of quaternary nitrogens is 1. The molecule has 0 fully saturated rings. The van der Waals surface area contributed by atoms with Gasteiger partial charge in [-0.3, -0.25) is 13.8 Å². The van der Waals surface area contributed by atoms with E-state index in [0.29, 0.717) is 17.4 Å². The Labute approximate surface area is 469 Å². The standard InChI is InChI=1S/C67H117N2O6P/c1-6-8-10-12-14-16-18-20-22-24-26-28-30-32-33-34-35-37-39-41-43-45-47-49-51-53-55-57-59-61-67(71)68-65(64-75-76(72,73)74-63-62-69(3,4)5)66(70)60-58-56-54-52-50-48-46-44-42-40-38-36-31-29-27-25-23-21-19-17-15-13-11-9-7-2/h8,10,14,16,20,22,26,28,32-33,35,37,41,43,47,49-50,52,58,60,65-66,70H,6-7,9,11-13,15,17-19,21,23-25,27,29-31,34,36,38-40,42,44-46,48,51,53-57,59,61-64H2,1-5H3,(H-,68,71,72,73)/p+1/b10-8-,16-14-,22-20-,28-26-,33-32-,37-35-,43-41-,49-47-,52-50+,60-58+. The van der Waals surface area contributed by atoms with Crippen LogP contribution in [0.2, 0.25) is 0 Å². The van der Waals surface area contributed by atoms with Crippen molar-refractivity contribution >= 4 is 13.7 Å². The van der Waals surface area contributed by atoms with Crippen LogP contribution in [0.3, 0.4) is 0 Å². The zero-order valence-corrected chi connectivity index (χ0v) is 50.6. The highest BCUT2D eigenvalue weighted by molar-refractivity contribution is 7.47. The monoisotopic (exact) mass is 1080 g/mol. The molecule has 0 spiro atoms. The fourth-order valence-corrected chi connectivity index (χ4v) is 9.10. The normalized spacial score (nSPS) is 14.7. The highest BCUT2D eigenvalue weighted by Crippen LogP contribution is 2.43. The van der Waals surface area contributed by atoms with Gasteiger partial charge in [-0.2, -0.15) is 0 Å². The third-order valence-electron chi connectivity index (χ3n) is 13.2. The molecule has 0 aromatic heterocycles. The van der Waals surface area contributed by atoms with Crippen LogP contribution < -0.4 is 5.32 Å². The molecule has 0 heterocycles. The quantitative estimate of drug-likeness (QED) is 0.0243. The van der Waals surface area contributed by atoms with Crippen LogP contribution in [0.15, 0.2) is 122 Å². The number of nitrogens with zero attached hydrogens (tertiary/aromatic N) is 1. The number of phosphoric ester groups is 1. The van der Waals surface area contributed by atoms with Gasteiger partial charge in [-0.1, -0.05) is 264 Å². The second-order valence-corrected chi connectivity index (χ2v) is 23.1. The molecular weight excluding hydrogens is 960 g/mol. The van der Waals surface area contributed by atoms with Crippen molar-refractivity contribution in [1.82, 2.24) is 5.32 Å². The van der Waals surface area contributed by atoms with Gasteiger partial charge in [-0.05, 0) is 96.3 Å². The molecule has 9 heteroatoms. The highest BCUT2D eigenvalue weighted by atomic mass is 31.2. The molecule has 1 amide bonds. The number of nitrogens with one attached hydrogen (secondary N) is 1. The van der Waals surface area contributed by atoms with E-state index in [1.165, 1.54) is 122 Å². The predicted octanol–water partition coefficient (Wildman–Crippen LogP) is 19.3. The van der Waals surface area contributed by atoms with Gasteiger partial charge in [-0.15, -0.1) is 0 Å². The molecule has 0 aromatic carbocycles. The van der Waals surface area contributed by atoms with Crippen LogP contribution in [0.5, 0.6) is 0 Å². The number of likely N-dealkylation sites (N-methyl/N-ethyl adjacent to an activating group) is 1. The first-order valence-electron chi connectivity index (χ1n) is 30.9. The van der Waals surface area contributed by atoms with E-state index in [1.807, 2.05) is 27.2 Å². The maximum Gasteiger partial charge on any atom is 0.472 e. The van der Waals surface area contributed by atoms with Gasteiger partial charge in [0.05, 0.1) is 39.9 Å². The first kappa shape index (κ1) is 72.9. The van der Waals surface area contributed by atoms with Gasteiger partial charge in [-0.25, -0.2) is 4.57 Å². The molecule has 76 heavy (non-hydrogen) atoms. The molecule has 0 radical (unpaired) electrons. The average molecular weight is 1080 g/mol. The number of carbonyl (C=O) groups is 1. The Morgan fingerprint density at radius 2 is 0.803 bits per heavy atom. The lowest BCUT2D eigenvalue weighted by Gasteiger charge is -2.25. The number of carbonyl (C=O) groups excluding carboxylic acids is 1. The number of aliphatic hydroxyl groups excluding tert-OH is 1. The van der Waals surface area contributed by atoms with Crippen molar-refractivity contribution in [1.29, 1.82) is 0 Å². The number of aliphatic hydroxyl groups is 1. The summed E-state index contributed by atoms with van der Waals surface area (Å²) in [5, 5.41) is 13.9. The van der Waals surface area contributed by atoms with Gasteiger partial charge in [0, 0.05) is 6.42 Å². The highest BCUT2D eigenvalue weighted by Gasteiger charge is 2.27. The number of unbranched alkanes of at least 4 members (excludes halogenated alkanes) is 24. The molecule has 8 nitrogen and oxygen atoms in total. The number of phosphoric acid groups is 1. The molecule has 3 N–H and O–H groups in total. The Balaban J connectivity index is 4.32. The van der Waals surface area contributed by atoms with Crippen molar-refractivity contribution in [3.8, 4) is 0 Å². The van der Waals surface area contributed by atoms with Crippen LogP contribution in [0.4, 0.5) is 0 Å². The minimum atomic E-state index is -4.38. The van der Waals surface area contributed by atoms with Crippen LogP contribution in [-0.2, 0) is 18.4 Å². The topological polar surface area (TPSA) is 105 Å². The zero-order valence-electron chi connectivity index (χ0n) is 49.7. The number of rotatable bonds is 55. The summed E-state index contributed by atoms with van der Waals surface area (Å²) in [6.45, 7) is 4.66. The van der Waals surface area contributed by atoms with Crippen LogP contribution in [-0.4, -0.2) is 73.4 Å². The molecule has 3 atom stereocenters. The van der Waals surface area contributed by atoms with Crippen molar-refractivity contribution in [2.24, 2.45) is 0 Å². The zero-order chi connectivity index (χ0) is 55.6. The average Bonchev–Trinajstić information content (AvgIpc) is 3.38. The summed E-state index contributed by atoms with van der Waals surface area (Å²) in [5.74, 6) is -0.215. The summed E-state index contributed by atoms with van der Waals surface area (Å²) < 4.78 is 23.7. The lowest BCUT2D eigenvalue weighted by Crippen LogP contribution is -2.45. The Hall–Kier alpha value is -3.10. The Morgan fingerprint density at radius 3 is 1.21 bits per heavy atom. The number of hydrogen-bond donors (Lipinski definition) is 3. The molecule has 0 aliphatic heterocycles. The Morgan fingerprint density at radius 1 is 0.461 bits per heavy atom. The summed E-state index contributed by atoms with van der Waals surface area (Å²) in [7, 11) is 1.52. The summed E-state index contributed by atoms with van der Waals surface area (Å²) in [6.07, 6.45) is 84.6. The molecule has 0 saturated carbocycles. The van der Waals surface area contributed by atoms with Gasteiger partial charge in [0.2, 0.25) is 5.91 Å². The third kappa shape index (κ3) is 58.6. The predicted molar refractivity (Wildman–Crippen MR) is 332 cm³/mol. The molecule has 0 aliphatic rings. The smallest absolute Gasteiger partial charge is 0.387 e. The van der Waals surface area contributed by atoms with Gasteiger partial charge < -0.3 is 19.8 Å². The van der Waals surface area contributed by atoms with Crippen LogP contribution in [0, 0.1) is 0 Å². The third-order valence-corrected chi connectivity index (χ3v) is 14.1. The van der Waals surface area contributed by atoms with Gasteiger partial charge in [0.25, 0.3) is 0 Å². The Bertz CT molecular complexity index is 1650. The van der Waals surface area contributed by atoms with E-state index in [1.54, 1.807) is 6.08 Å². The van der Waals surface area contributed by atoms with E-state index in [2.05, 4.69) is 129 Å². The maximum absolute atomic E-state index is 13.0. The molecule has 0 aromatic rings. The van der Waals surface area contributed by atoms with E-state index >= 15 is 0 Å². The fourth-order valence-electron chi connectivity index (χ4n) is 8.37. The lowest BCUT2D eigenvalue weighted by molar-refractivity contribution is -0.870. The van der Waals surface area contributed by atoms with Crippen molar-refractivity contribution in [3.05, 3.63) is 122 Å². The van der Waals surface area contributed by atoms with Crippen molar-refractivity contribution < 1.29 is 32.9 Å². The molecule has 436 valence electrons. The SMILES string of the molecule is CC/C=C\C/C=C\C/C=C\C/C=C\C/C=C\C/C=C\C/C=C\C/C=C\CCCCCCC(=O)NC(COP(=O)(O)OCC[N+](C)(C)C)C(O)/C=C/CC/C=C/CCCCCCCCCCCCCCCCCCCCC. The number of allylic oxidation sites excluding steroid dienone is 19. The molecule has 3 unspecified atom stereocenters.